The maximum Gasteiger partial charge on any atom is 0.214 e. The van der Waals surface area contributed by atoms with Crippen molar-refractivity contribution >= 4 is 33.5 Å². The number of fused-ring (bicyclic) bond motifs is 1. The number of hydrogen-bond donors (Lipinski definition) is 1. The van der Waals surface area contributed by atoms with Gasteiger partial charge in [-0.2, -0.15) is 4.39 Å². The van der Waals surface area contributed by atoms with Crippen molar-refractivity contribution in [3.05, 3.63) is 58.4 Å². The molecule has 0 amide bonds. The van der Waals surface area contributed by atoms with E-state index in [2.05, 4.69) is 47.3 Å². The standard InChI is InChI=1S/C20H17FN4S2/c1-20(2,3)24-18-17(23-19-25(18)10-11-26-19)15-7-6-14(27-15)5-4-13-8-9-22-16(21)12-13/h6-12,24H,1-3H3. The van der Waals surface area contributed by atoms with Crippen LogP contribution < -0.4 is 5.32 Å². The van der Waals surface area contributed by atoms with Crippen molar-refractivity contribution in [2.24, 2.45) is 0 Å². The Kier molecular flexibility index (Phi) is 4.46. The van der Waals surface area contributed by atoms with Gasteiger partial charge in [-0.1, -0.05) is 11.8 Å². The predicted octanol–water partition coefficient (Wildman–Crippen LogP) is 5.27. The zero-order valence-electron chi connectivity index (χ0n) is 15.1. The lowest BCUT2D eigenvalue weighted by Crippen LogP contribution is -2.27. The average molecular weight is 397 g/mol. The fourth-order valence-electron chi connectivity index (χ4n) is 2.58. The minimum Gasteiger partial charge on any atom is -0.365 e. The first-order valence-electron chi connectivity index (χ1n) is 8.36. The van der Waals surface area contributed by atoms with E-state index in [0.29, 0.717) is 5.56 Å². The summed E-state index contributed by atoms with van der Waals surface area (Å²) in [7, 11) is 0. The van der Waals surface area contributed by atoms with Crippen LogP contribution in [0.2, 0.25) is 0 Å². The molecule has 136 valence electrons. The quantitative estimate of drug-likeness (QED) is 0.371. The molecule has 4 rings (SSSR count). The highest BCUT2D eigenvalue weighted by Crippen LogP contribution is 2.36. The Morgan fingerprint density at radius 1 is 1.19 bits per heavy atom. The van der Waals surface area contributed by atoms with Crippen LogP contribution in [0.15, 0.2) is 42.0 Å². The van der Waals surface area contributed by atoms with E-state index in [1.54, 1.807) is 28.7 Å². The van der Waals surface area contributed by atoms with E-state index in [1.165, 1.54) is 12.3 Å². The second-order valence-electron chi connectivity index (χ2n) is 7.02. The van der Waals surface area contributed by atoms with Gasteiger partial charge in [0.05, 0.1) is 9.75 Å². The van der Waals surface area contributed by atoms with Crippen LogP contribution in [0, 0.1) is 17.8 Å². The molecule has 0 aliphatic carbocycles. The van der Waals surface area contributed by atoms with E-state index >= 15 is 0 Å². The molecule has 4 heterocycles. The SMILES string of the molecule is CC(C)(C)Nc1c(-c2ccc(C#Cc3ccnc(F)c3)s2)nc2sccn12. The molecule has 0 atom stereocenters. The smallest absolute Gasteiger partial charge is 0.214 e. The normalized spacial score (nSPS) is 11.4. The first-order valence-corrected chi connectivity index (χ1v) is 10.1. The van der Waals surface area contributed by atoms with Crippen LogP contribution in [0.25, 0.3) is 15.5 Å². The van der Waals surface area contributed by atoms with Crippen molar-refractivity contribution in [3.8, 4) is 22.4 Å². The zero-order valence-corrected chi connectivity index (χ0v) is 16.7. The molecular formula is C20H17FN4S2. The van der Waals surface area contributed by atoms with E-state index in [-0.39, 0.29) is 5.54 Å². The van der Waals surface area contributed by atoms with E-state index in [0.717, 1.165) is 26.2 Å². The molecule has 4 aromatic rings. The van der Waals surface area contributed by atoms with E-state index in [4.69, 9.17) is 4.98 Å². The molecule has 0 unspecified atom stereocenters. The summed E-state index contributed by atoms with van der Waals surface area (Å²) in [5.74, 6) is 6.54. The summed E-state index contributed by atoms with van der Waals surface area (Å²) in [5, 5.41) is 5.59. The Morgan fingerprint density at radius 2 is 2.04 bits per heavy atom. The largest absolute Gasteiger partial charge is 0.365 e. The van der Waals surface area contributed by atoms with Gasteiger partial charge in [0.25, 0.3) is 0 Å². The Hall–Kier alpha value is -2.69. The number of rotatable bonds is 2. The molecule has 4 nitrogen and oxygen atoms in total. The van der Waals surface area contributed by atoms with Crippen molar-refractivity contribution in [2.45, 2.75) is 26.3 Å². The van der Waals surface area contributed by atoms with Crippen LogP contribution in [0.5, 0.6) is 0 Å². The molecular weight excluding hydrogens is 379 g/mol. The second-order valence-corrected chi connectivity index (χ2v) is 8.98. The third-order valence-corrected chi connectivity index (χ3v) is 5.42. The van der Waals surface area contributed by atoms with E-state index < -0.39 is 5.95 Å². The molecule has 0 bridgehead atoms. The van der Waals surface area contributed by atoms with Gasteiger partial charge in [-0.05, 0) is 39.0 Å². The molecule has 0 aromatic carbocycles. The summed E-state index contributed by atoms with van der Waals surface area (Å²) in [6, 6.07) is 7.02. The molecule has 0 saturated heterocycles. The highest BCUT2D eigenvalue weighted by molar-refractivity contribution is 7.16. The Bertz CT molecular complexity index is 1170. The van der Waals surface area contributed by atoms with Crippen LogP contribution in [0.4, 0.5) is 10.2 Å². The van der Waals surface area contributed by atoms with Crippen molar-refractivity contribution < 1.29 is 4.39 Å². The number of nitrogens with one attached hydrogen (secondary N) is 1. The molecule has 0 fully saturated rings. The van der Waals surface area contributed by atoms with E-state index in [1.807, 2.05) is 23.7 Å². The Balaban J connectivity index is 1.70. The van der Waals surface area contributed by atoms with Crippen molar-refractivity contribution in [3.63, 3.8) is 0 Å². The molecule has 0 saturated carbocycles. The summed E-state index contributed by atoms with van der Waals surface area (Å²) in [6.07, 6.45) is 3.44. The highest BCUT2D eigenvalue weighted by Gasteiger charge is 2.20. The van der Waals surface area contributed by atoms with Crippen LogP contribution in [-0.4, -0.2) is 19.9 Å². The summed E-state index contributed by atoms with van der Waals surface area (Å²) in [5.41, 5.74) is 1.44. The molecule has 27 heavy (non-hydrogen) atoms. The zero-order chi connectivity index (χ0) is 19.0. The van der Waals surface area contributed by atoms with Crippen molar-refractivity contribution in [1.82, 2.24) is 14.4 Å². The summed E-state index contributed by atoms with van der Waals surface area (Å²) < 4.78 is 15.3. The molecule has 0 spiro atoms. The maximum absolute atomic E-state index is 13.2. The average Bonchev–Trinajstić information content (AvgIpc) is 3.29. The van der Waals surface area contributed by atoms with Crippen LogP contribution >= 0.6 is 22.7 Å². The lowest BCUT2D eigenvalue weighted by Gasteiger charge is -2.22. The highest BCUT2D eigenvalue weighted by atomic mass is 32.1. The van der Waals surface area contributed by atoms with Crippen LogP contribution in [0.1, 0.15) is 31.2 Å². The minimum absolute atomic E-state index is 0.0854. The number of halogens is 1. The summed E-state index contributed by atoms with van der Waals surface area (Å²) >= 11 is 3.18. The molecule has 0 aliphatic rings. The monoisotopic (exact) mass is 396 g/mol. The maximum atomic E-state index is 13.2. The molecule has 1 N–H and O–H groups in total. The first kappa shape index (κ1) is 17.7. The van der Waals surface area contributed by atoms with Gasteiger partial charge in [-0.3, -0.25) is 4.40 Å². The first-order chi connectivity index (χ1) is 12.9. The van der Waals surface area contributed by atoms with Gasteiger partial charge >= 0.3 is 0 Å². The lowest BCUT2D eigenvalue weighted by molar-refractivity contribution is 0.583. The van der Waals surface area contributed by atoms with Gasteiger partial charge in [0, 0.05) is 34.9 Å². The molecule has 4 aromatic heterocycles. The fourth-order valence-corrected chi connectivity index (χ4v) is 4.14. The van der Waals surface area contributed by atoms with Crippen LogP contribution in [-0.2, 0) is 0 Å². The summed E-state index contributed by atoms with van der Waals surface area (Å²) in [6.45, 7) is 6.38. The topological polar surface area (TPSA) is 42.2 Å². The van der Waals surface area contributed by atoms with Gasteiger partial charge in [-0.25, -0.2) is 9.97 Å². The molecule has 0 aliphatic heterocycles. The number of nitrogens with zero attached hydrogens (tertiary/aromatic N) is 3. The van der Waals surface area contributed by atoms with Gasteiger partial charge in [0.1, 0.15) is 11.5 Å². The summed E-state index contributed by atoms with van der Waals surface area (Å²) in [4.78, 5) is 11.2. The second kappa shape index (κ2) is 6.80. The van der Waals surface area contributed by atoms with Gasteiger partial charge in [0.2, 0.25) is 5.95 Å². The minimum atomic E-state index is -0.523. The number of anilines is 1. The van der Waals surface area contributed by atoms with Gasteiger partial charge < -0.3 is 5.32 Å². The van der Waals surface area contributed by atoms with E-state index in [9.17, 15) is 4.39 Å². The number of thiophene rings is 1. The Labute approximate surface area is 164 Å². The fraction of sp³-hybridized carbons (Fsp3) is 0.200. The van der Waals surface area contributed by atoms with Gasteiger partial charge in [-0.15, -0.1) is 22.7 Å². The number of pyridine rings is 1. The van der Waals surface area contributed by atoms with Crippen molar-refractivity contribution in [2.75, 3.05) is 5.32 Å². The predicted molar refractivity (Wildman–Crippen MR) is 110 cm³/mol. The lowest BCUT2D eigenvalue weighted by atomic mass is 10.1. The Morgan fingerprint density at radius 3 is 2.81 bits per heavy atom. The number of hydrogen-bond acceptors (Lipinski definition) is 5. The number of aromatic nitrogens is 3. The number of thiazole rings is 1. The number of imidazole rings is 1. The third kappa shape index (κ3) is 3.87. The molecule has 7 heteroatoms. The van der Waals surface area contributed by atoms with Crippen LogP contribution in [0.3, 0.4) is 0 Å². The molecule has 0 radical (unpaired) electrons. The third-order valence-electron chi connectivity index (χ3n) is 3.65. The van der Waals surface area contributed by atoms with Gasteiger partial charge in [0.15, 0.2) is 4.96 Å². The van der Waals surface area contributed by atoms with Crippen molar-refractivity contribution in [1.29, 1.82) is 0 Å².